The van der Waals surface area contributed by atoms with Crippen LogP contribution in [0.2, 0.25) is 0 Å². The van der Waals surface area contributed by atoms with Gasteiger partial charge in [-0.25, -0.2) is 9.37 Å². The average Bonchev–Trinajstić information content (AvgIpc) is 3.41. The monoisotopic (exact) mass is 373 g/mol. The van der Waals surface area contributed by atoms with Crippen molar-refractivity contribution < 1.29 is 9.18 Å². The summed E-state index contributed by atoms with van der Waals surface area (Å²) in [6.45, 7) is 4.60. The summed E-state index contributed by atoms with van der Waals surface area (Å²) < 4.78 is 13.1. The van der Waals surface area contributed by atoms with Crippen LogP contribution in [0.1, 0.15) is 41.0 Å². The maximum absolute atomic E-state index is 13.1. The summed E-state index contributed by atoms with van der Waals surface area (Å²) in [4.78, 5) is 20.1. The van der Waals surface area contributed by atoms with Gasteiger partial charge in [-0.1, -0.05) is 0 Å². The molecule has 4 nitrogen and oxygen atoms in total. The van der Waals surface area contributed by atoms with Crippen LogP contribution in [0.15, 0.2) is 24.3 Å². The van der Waals surface area contributed by atoms with Crippen molar-refractivity contribution in [2.24, 2.45) is 5.92 Å². The van der Waals surface area contributed by atoms with Crippen LogP contribution in [0.3, 0.4) is 0 Å². The Morgan fingerprint density at radius 3 is 2.58 bits per heavy atom. The third-order valence-corrected chi connectivity index (χ3v) is 6.45. The van der Waals surface area contributed by atoms with E-state index in [1.54, 1.807) is 12.1 Å². The number of hydrogen-bond acceptors (Lipinski definition) is 4. The van der Waals surface area contributed by atoms with Gasteiger partial charge in [0.25, 0.3) is 5.91 Å². The minimum absolute atomic E-state index is 0.0778. The summed E-state index contributed by atoms with van der Waals surface area (Å²) in [5, 5.41) is 4.42. The van der Waals surface area contributed by atoms with Crippen molar-refractivity contribution in [3.05, 3.63) is 40.7 Å². The number of nitrogens with one attached hydrogen (secondary N) is 1. The number of likely N-dealkylation sites (tertiary alicyclic amines) is 1. The average molecular weight is 373 g/mol. The standard InChI is InChI=1S/C20H24FN3OS/c1-13-18(26-19(23-13)15-4-6-16(21)7-5-15)20(25)24-10-8-17(9-11-24)22-12-14-2-3-14/h4-7,14,17,22H,2-3,8-12H2,1H3. The lowest BCUT2D eigenvalue weighted by molar-refractivity contribution is 0.0709. The molecule has 2 aliphatic rings. The van der Waals surface area contributed by atoms with E-state index in [2.05, 4.69) is 10.3 Å². The van der Waals surface area contributed by atoms with Crippen LogP contribution in [0.25, 0.3) is 10.6 Å². The molecule has 1 aromatic heterocycles. The zero-order valence-corrected chi connectivity index (χ0v) is 15.8. The molecule has 2 aromatic rings. The first-order valence-corrected chi connectivity index (χ1v) is 10.2. The minimum Gasteiger partial charge on any atom is -0.338 e. The van der Waals surface area contributed by atoms with Gasteiger partial charge in [-0.15, -0.1) is 11.3 Å². The highest BCUT2D eigenvalue weighted by Crippen LogP contribution is 2.30. The second-order valence-corrected chi connectivity index (χ2v) is 8.36. The smallest absolute Gasteiger partial charge is 0.265 e. The van der Waals surface area contributed by atoms with Crippen molar-refractivity contribution in [2.45, 2.75) is 38.6 Å². The molecule has 4 rings (SSSR count). The highest BCUT2D eigenvalue weighted by atomic mass is 32.1. The van der Waals surface area contributed by atoms with Crippen LogP contribution in [0.5, 0.6) is 0 Å². The van der Waals surface area contributed by atoms with Crippen LogP contribution in [0.4, 0.5) is 4.39 Å². The molecule has 0 atom stereocenters. The minimum atomic E-state index is -0.267. The van der Waals surface area contributed by atoms with Gasteiger partial charge in [0.15, 0.2) is 0 Å². The van der Waals surface area contributed by atoms with Crippen molar-refractivity contribution in [1.29, 1.82) is 0 Å². The van der Waals surface area contributed by atoms with Gasteiger partial charge < -0.3 is 10.2 Å². The maximum atomic E-state index is 13.1. The van der Waals surface area contributed by atoms with Gasteiger partial charge in [0.2, 0.25) is 0 Å². The Balaban J connectivity index is 1.39. The van der Waals surface area contributed by atoms with Gasteiger partial charge in [0.05, 0.1) is 5.69 Å². The van der Waals surface area contributed by atoms with Crippen LogP contribution in [0, 0.1) is 18.7 Å². The van der Waals surface area contributed by atoms with Crippen molar-refractivity contribution in [2.75, 3.05) is 19.6 Å². The number of amides is 1. The molecule has 1 aromatic carbocycles. The zero-order valence-electron chi connectivity index (χ0n) is 15.0. The Kier molecular flexibility index (Phi) is 5.05. The number of nitrogens with zero attached hydrogens (tertiary/aromatic N) is 2. The maximum Gasteiger partial charge on any atom is 0.265 e. The molecule has 2 fully saturated rings. The molecule has 1 aliphatic heterocycles. The quantitative estimate of drug-likeness (QED) is 0.866. The Bertz CT molecular complexity index is 777. The van der Waals surface area contributed by atoms with E-state index in [9.17, 15) is 9.18 Å². The molecule has 1 saturated carbocycles. The van der Waals surface area contributed by atoms with E-state index in [0.717, 1.165) is 54.7 Å². The summed E-state index contributed by atoms with van der Waals surface area (Å²) >= 11 is 1.40. The number of thiazole rings is 1. The number of carbonyl (C=O) groups excluding carboxylic acids is 1. The second kappa shape index (κ2) is 7.45. The van der Waals surface area contributed by atoms with Crippen molar-refractivity contribution >= 4 is 17.2 Å². The third-order valence-electron chi connectivity index (χ3n) is 5.26. The van der Waals surface area contributed by atoms with E-state index in [-0.39, 0.29) is 11.7 Å². The van der Waals surface area contributed by atoms with Gasteiger partial charge in [0.1, 0.15) is 15.7 Å². The normalized spacial score (nSPS) is 18.3. The summed E-state index contributed by atoms with van der Waals surface area (Å²) in [6, 6.07) is 6.80. The molecule has 138 valence electrons. The summed E-state index contributed by atoms with van der Waals surface area (Å²) in [5.74, 6) is 0.699. The van der Waals surface area contributed by atoms with Crippen molar-refractivity contribution in [3.8, 4) is 10.6 Å². The first-order chi connectivity index (χ1) is 12.6. The van der Waals surface area contributed by atoms with E-state index >= 15 is 0 Å². The predicted octanol–water partition coefficient (Wildman–Crippen LogP) is 3.86. The second-order valence-electron chi connectivity index (χ2n) is 7.36. The number of halogens is 1. The fourth-order valence-corrected chi connectivity index (χ4v) is 4.44. The molecule has 1 amide bonds. The van der Waals surface area contributed by atoms with Gasteiger partial charge in [-0.3, -0.25) is 4.79 Å². The Labute approximate surface area is 157 Å². The highest BCUT2D eigenvalue weighted by molar-refractivity contribution is 7.17. The van der Waals surface area contributed by atoms with Crippen molar-refractivity contribution in [3.63, 3.8) is 0 Å². The summed E-state index contributed by atoms with van der Waals surface area (Å²) in [5.41, 5.74) is 1.61. The van der Waals surface area contributed by atoms with Crippen LogP contribution in [-0.4, -0.2) is 41.5 Å². The molecule has 0 radical (unpaired) electrons. The number of aromatic nitrogens is 1. The molecule has 6 heteroatoms. The summed E-state index contributed by atoms with van der Waals surface area (Å²) in [6.07, 6.45) is 4.76. The predicted molar refractivity (Wildman–Crippen MR) is 102 cm³/mol. The molecule has 1 aliphatic carbocycles. The number of hydrogen-bond donors (Lipinski definition) is 1. The van der Waals surface area contributed by atoms with Gasteiger partial charge in [-0.05, 0) is 69.3 Å². The van der Waals surface area contributed by atoms with Gasteiger partial charge >= 0.3 is 0 Å². The van der Waals surface area contributed by atoms with Crippen LogP contribution >= 0.6 is 11.3 Å². The number of aryl methyl sites for hydroxylation is 1. The lowest BCUT2D eigenvalue weighted by Gasteiger charge is -2.32. The lowest BCUT2D eigenvalue weighted by Crippen LogP contribution is -2.45. The van der Waals surface area contributed by atoms with Crippen molar-refractivity contribution in [1.82, 2.24) is 15.2 Å². The fourth-order valence-electron chi connectivity index (χ4n) is 3.40. The molecule has 26 heavy (non-hydrogen) atoms. The Morgan fingerprint density at radius 1 is 1.23 bits per heavy atom. The molecular formula is C20H24FN3OS. The molecule has 1 N–H and O–H groups in total. The topological polar surface area (TPSA) is 45.2 Å². The molecule has 1 saturated heterocycles. The number of carbonyl (C=O) groups is 1. The molecule has 0 unspecified atom stereocenters. The largest absolute Gasteiger partial charge is 0.338 e. The number of rotatable bonds is 5. The number of piperidine rings is 1. The molecule has 0 bridgehead atoms. The van der Waals surface area contributed by atoms with Gasteiger partial charge in [0, 0.05) is 24.7 Å². The number of benzene rings is 1. The Hall–Kier alpha value is -1.79. The van der Waals surface area contributed by atoms with Crippen LogP contribution in [-0.2, 0) is 0 Å². The van der Waals surface area contributed by atoms with E-state index in [0.29, 0.717) is 10.9 Å². The zero-order chi connectivity index (χ0) is 18.1. The van der Waals surface area contributed by atoms with Gasteiger partial charge in [-0.2, -0.15) is 0 Å². The van der Waals surface area contributed by atoms with E-state index in [1.165, 1.54) is 36.3 Å². The molecular weight excluding hydrogens is 349 g/mol. The first kappa shape index (κ1) is 17.6. The van der Waals surface area contributed by atoms with Crippen LogP contribution < -0.4 is 5.32 Å². The Morgan fingerprint density at radius 2 is 1.92 bits per heavy atom. The summed E-state index contributed by atoms with van der Waals surface area (Å²) in [7, 11) is 0. The third kappa shape index (κ3) is 3.96. The first-order valence-electron chi connectivity index (χ1n) is 9.36. The van der Waals surface area contributed by atoms with E-state index in [4.69, 9.17) is 0 Å². The fraction of sp³-hybridized carbons (Fsp3) is 0.500. The SMILES string of the molecule is Cc1nc(-c2ccc(F)cc2)sc1C(=O)N1CCC(NCC2CC2)CC1. The molecule has 0 spiro atoms. The highest BCUT2D eigenvalue weighted by Gasteiger charge is 2.28. The van der Waals surface area contributed by atoms with E-state index < -0.39 is 0 Å². The van der Waals surface area contributed by atoms with E-state index in [1.807, 2.05) is 11.8 Å². The molecule has 2 heterocycles. The lowest BCUT2D eigenvalue weighted by atomic mass is 10.0.